The Morgan fingerprint density at radius 2 is 1.29 bits per heavy atom. The maximum atomic E-state index is 9.80. The van der Waals surface area contributed by atoms with Crippen molar-refractivity contribution in [3.05, 3.63) is 38.3 Å². The van der Waals surface area contributed by atoms with Crippen LogP contribution in [0.15, 0.2) is 18.2 Å². The number of phenols is 1. The molecule has 0 amide bonds. The van der Waals surface area contributed by atoms with Crippen LogP contribution in [0.25, 0.3) is 22.3 Å². The lowest BCUT2D eigenvalue weighted by Gasteiger charge is -2.28. The first-order valence-electron chi connectivity index (χ1n) is 4.72. The molecule has 1 N–H and O–H groups in total. The summed E-state index contributed by atoms with van der Waals surface area (Å²) in [6.45, 7) is 0. The quantitative estimate of drug-likeness (QED) is 0.420. The highest BCUT2D eigenvalue weighted by Crippen LogP contribution is 2.60. The average Bonchev–Trinajstić information content (AvgIpc) is 2.27. The molecule has 0 spiro atoms. The highest BCUT2D eigenvalue weighted by molar-refractivity contribution is 6.55. The van der Waals surface area contributed by atoms with E-state index < -0.39 is 0 Å². The highest BCUT2D eigenvalue weighted by Gasteiger charge is 2.33. The van der Waals surface area contributed by atoms with Gasteiger partial charge in [-0.2, -0.15) is 0 Å². The Kier molecular flexibility index (Phi) is 2.50. The smallest absolute Gasteiger partial charge is 0.124 e. The normalized spacial score (nSPS) is 11.8. The Morgan fingerprint density at radius 1 is 0.706 bits per heavy atom. The fourth-order valence-corrected chi connectivity index (χ4v) is 3.12. The van der Waals surface area contributed by atoms with Crippen molar-refractivity contribution in [1.29, 1.82) is 0 Å². The maximum absolute atomic E-state index is 9.80. The molecule has 3 rings (SSSR count). The van der Waals surface area contributed by atoms with Crippen LogP contribution in [0.1, 0.15) is 0 Å². The number of aromatic hydroxyl groups is 1. The Labute approximate surface area is 117 Å². The van der Waals surface area contributed by atoms with E-state index in [-0.39, 0.29) is 15.8 Å². The van der Waals surface area contributed by atoms with Crippen LogP contribution in [0, 0.1) is 0 Å². The first kappa shape index (κ1) is 11.5. The molecule has 0 saturated heterocycles. The van der Waals surface area contributed by atoms with Gasteiger partial charge in [-0.15, -0.1) is 0 Å². The van der Waals surface area contributed by atoms with Gasteiger partial charge in [-0.3, -0.25) is 0 Å². The standard InChI is InChI=1S/C12H4Cl4O/c13-9-7-4-2-1-3-5(17)6(4)8(7)10(14)12(16)11(9)15/h1-3,17H. The van der Waals surface area contributed by atoms with E-state index in [4.69, 9.17) is 46.4 Å². The third kappa shape index (κ3) is 1.34. The van der Waals surface area contributed by atoms with Crippen LogP contribution in [0.4, 0.5) is 0 Å². The van der Waals surface area contributed by atoms with Crippen molar-refractivity contribution in [2.75, 3.05) is 0 Å². The van der Waals surface area contributed by atoms with Gasteiger partial charge in [-0.1, -0.05) is 58.5 Å². The third-order valence-electron chi connectivity index (χ3n) is 2.83. The fraction of sp³-hybridized carbons (Fsp3) is 0. The summed E-state index contributed by atoms with van der Waals surface area (Å²) >= 11 is 24.2. The Hall–Kier alpha value is -0.600. The summed E-state index contributed by atoms with van der Waals surface area (Å²) in [6.07, 6.45) is 0. The van der Waals surface area contributed by atoms with Gasteiger partial charge in [0, 0.05) is 16.7 Å². The SMILES string of the molecule is Oc1cccc2c1-c1c(Cl)c(Cl)c(Cl)c(Cl)c1-2. The number of halogens is 4. The monoisotopic (exact) mass is 304 g/mol. The number of hydrogen-bond donors (Lipinski definition) is 1. The predicted molar refractivity (Wildman–Crippen MR) is 72.6 cm³/mol. The molecule has 2 aromatic rings. The molecule has 0 unspecified atom stereocenters. The first-order chi connectivity index (χ1) is 8.04. The van der Waals surface area contributed by atoms with Crippen LogP contribution in [-0.4, -0.2) is 5.11 Å². The van der Waals surface area contributed by atoms with Gasteiger partial charge in [-0.25, -0.2) is 0 Å². The number of hydrogen-bond acceptors (Lipinski definition) is 1. The first-order valence-corrected chi connectivity index (χ1v) is 6.24. The molecule has 0 fully saturated rings. The molecule has 2 aromatic carbocycles. The fourth-order valence-electron chi connectivity index (χ4n) is 2.07. The van der Waals surface area contributed by atoms with Crippen molar-refractivity contribution < 1.29 is 5.11 Å². The molecule has 0 aliphatic heterocycles. The number of rotatable bonds is 0. The van der Waals surface area contributed by atoms with Gasteiger partial charge in [0.2, 0.25) is 0 Å². The minimum atomic E-state index is 0.159. The molecule has 0 saturated carbocycles. The predicted octanol–water partition coefficient (Wildman–Crippen LogP) is 5.65. The molecule has 0 aromatic heterocycles. The van der Waals surface area contributed by atoms with E-state index in [2.05, 4.69) is 0 Å². The van der Waals surface area contributed by atoms with Gasteiger partial charge in [0.15, 0.2) is 0 Å². The molecule has 86 valence electrons. The minimum absolute atomic E-state index is 0.159. The van der Waals surface area contributed by atoms with Crippen LogP contribution in [0.2, 0.25) is 20.1 Å². The van der Waals surface area contributed by atoms with E-state index in [0.29, 0.717) is 21.2 Å². The highest BCUT2D eigenvalue weighted by atomic mass is 35.5. The zero-order valence-electron chi connectivity index (χ0n) is 8.19. The van der Waals surface area contributed by atoms with Crippen LogP contribution in [0.5, 0.6) is 5.75 Å². The molecular weight excluding hydrogens is 302 g/mol. The molecule has 1 aliphatic rings. The summed E-state index contributed by atoms with van der Waals surface area (Å²) in [4.78, 5) is 0. The van der Waals surface area contributed by atoms with Crippen molar-refractivity contribution in [3.8, 4) is 28.0 Å². The molecule has 1 nitrogen and oxygen atoms in total. The van der Waals surface area contributed by atoms with Crippen molar-refractivity contribution in [1.82, 2.24) is 0 Å². The van der Waals surface area contributed by atoms with Crippen molar-refractivity contribution in [2.24, 2.45) is 0 Å². The van der Waals surface area contributed by atoms with Gasteiger partial charge in [0.25, 0.3) is 0 Å². The van der Waals surface area contributed by atoms with Gasteiger partial charge < -0.3 is 5.11 Å². The zero-order valence-corrected chi connectivity index (χ0v) is 11.2. The van der Waals surface area contributed by atoms with Crippen molar-refractivity contribution >= 4 is 46.4 Å². The van der Waals surface area contributed by atoms with Crippen LogP contribution in [0.3, 0.4) is 0 Å². The molecule has 0 atom stereocenters. The molecule has 0 heterocycles. The second-order valence-electron chi connectivity index (χ2n) is 3.71. The molecule has 0 radical (unpaired) electrons. The van der Waals surface area contributed by atoms with E-state index in [1.165, 1.54) is 0 Å². The van der Waals surface area contributed by atoms with Gasteiger partial charge in [0.05, 0.1) is 20.1 Å². The third-order valence-corrected chi connectivity index (χ3v) is 4.63. The molecule has 5 heteroatoms. The lowest BCUT2D eigenvalue weighted by molar-refractivity contribution is 0.477. The Bertz CT molecular complexity index is 664. The summed E-state index contributed by atoms with van der Waals surface area (Å²) in [6, 6.07) is 5.18. The van der Waals surface area contributed by atoms with Gasteiger partial charge >= 0.3 is 0 Å². The lowest BCUT2D eigenvalue weighted by atomic mass is 9.80. The summed E-state index contributed by atoms with van der Waals surface area (Å²) in [5, 5.41) is 10.9. The molecule has 1 aliphatic carbocycles. The summed E-state index contributed by atoms with van der Waals surface area (Å²) in [7, 11) is 0. The van der Waals surface area contributed by atoms with E-state index in [1.807, 2.05) is 6.07 Å². The van der Waals surface area contributed by atoms with Crippen molar-refractivity contribution in [2.45, 2.75) is 0 Å². The lowest BCUT2D eigenvalue weighted by Crippen LogP contribution is -2.02. The average molecular weight is 306 g/mol. The number of benzene rings is 2. The van der Waals surface area contributed by atoms with Crippen LogP contribution in [-0.2, 0) is 0 Å². The van der Waals surface area contributed by atoms with Crippen molar-refractivity contribution in [3.63, 3.8) is 0 Å². The molecular formula is C12H4Cl4O. The van der Waals surface area contributed by atoms with E-state index in [9.17, 15) is 5.11 Å². The summed E-state index contributed by atoms with van der Waals surface area (Å²) < 4.78 is 0. The second-order valence-corrected chi connectivity index (χ2v) is 5.22. The molecule has 0 bridgehead atoms. The van der Waals surface area contributed by atoms with Gasteiger partial charge in [0.1, 0.15) is 5.75 Å². The number of phenolic OH excluding ortho intramolecular Hbond substituents is 1. The van der Waals surface area contributed by atoms with Gasteiger partial charge in [-0.05, 0) is 11.6 Å². The largest absolute Gasteiger partial charge is 0.507 e. The van der Waals surface area contributed by atoms with E-state index >= 15 is 0 Å². The second kappa shape index (κ2) is 3.69. The minimum Gasteiger partial charge on any atom is -0.507 e. The Morgan fingerprint density at radius 3 is 1.94 bits per heavy atom. The molecule has 17 heavy (non-hydrogen) atoms. The van der Waals surface area contributed by atoms with E-state index in [1.54, 1.807) is 12.1 Å². The zero-order chi connectivity index (χ0) is 12.3. The topological polar surface area (TPSA) is 20.2 Å². The summed E-state index contributed by atoms with van der Waals surface area (Å²) in [5.41, 5.74) is 2.93. The van der Waals surface area contributed by atoms with Crippen LogP contribution < -0.4 is 0 Å². The van der Waals surface area contributed by atoms with Crippen LogP contribution >= 0.6 is 46.4 Å². The number of fused-ring (bicyclic) bond motifs is 4. The van der Waals surface area contributed by atoms with E-state index in [0.717, 1.165) is 11.1 Å². The summed E-state index contributed by atoms with van der Waals surface area (Å²) in [5.74, 6) is 0.159. The maximum Gasteiger partial charge on any atom is 0.124 e. The Balaban J connectivity index is 2.43.